The van der Waals surface area contributed by atoms with E-state index in [0.29, 0.717) is 23.7 Å². The Morgan fingerprint density at radius 2 is 2.09 bits per heavy atom. The van der Waals surface area contributed by atoms with Crippen molar-refractivity contribution in [1.82, 2.24) is 30.6 Å². The van der Waals surface area contributed by atoms with Crippen LogP contribution in [0, 0.1) is 0 Å². The highest BCUT2D eigenvalue weighted by Crippen LogP contribution is 2.26. The van der Waals surface area contributed by atoms with E-state index < -0.39 is 0 Å². The van der Waals surface area contributed by atoms with Gasteiger partial charge < -0.3 is 9.72 Å². The normalized spacial score (nSPS) is 10.4. The van der Waals surface area contributed by atoms with E-state index >= 15 is 0 Å². The van der Waals surface area contributed by atoms with Crippen molar-refractivity contribution in [2.75, 3.05) is 6.61 Å². The number of tetrazole rings is 1. The van der Waals surface area contributed by atoms with Crippen LogP contribution in [0.2, 0.25) is 0 Å². The van der Waals surface area contributed by atoms with Crippen molar-refractivity contribution in [2.24, 2.45) is 0 Å². The molecular formula is C14H12N6O2. The fraction of sp³-hybridized carbons (Fsp3) is 0.0714. The number of H-pyrrole nitrogens is 2. The molecule has 1 aromatic carbocycles. The maximum absolute atomic E-state index is 12.2. The Morgan fingerprint density at radius 3 is 2.82 bits per heavy atom. The maximum atomic E-state index is 12.2. The van der Waals surface area contributed by atoms with Gasteiger partial charge in [0.1, 0.15) is 23.7 Å². The number of ether oxygens (including phenoxy) is 1. The number of aromatic nitrogens is 6. The van der Waals surface area contributed by atoms with E-state index in [2.05, 4.69) is 37.2 Å². The van der Waals surface area contributed by atoms with E-state index in [-0.39, 0.29) is 16.9 Å². The summed E-state index contributed by atoms with van der Waals surface area (Å²) in [6, 6.07) is 7.29. The number of hydrogen-bond acceptors (Lipinski definition) is 6. The molecule has 0 bridgehead atoms. The van der Waals surface area contributed by atoms with E-state index in [1.807, 2.05) is 18.2 Å². The highest BCUT2D eigenvalue weighted by Gasteiger charge is 2.12. The van der Waals surface area contributed by atoms with Crippen LogP contribution in [0.1, 0.15) is 0 Å². The molecule has 0 aliphatic rings. The van der Waals surface area contributed by atoms with Gasteiger partial charge in [-0.2, -0.15) is 0 Å². The van der Waals surface area contributed by atoms with Crippen molar-refractivity contribution >= 4 is 0 Å². The van der Waals surface area contributed by atoms with Gasteiger partial charge in [0.05, 0.1) is 5.56 Å². The number of aromatic amines is 2. The molecule has 22 heavy (non-hydrogen) atoms. The molecule has 0 fully saturated rings. The Bertz CT molecular complexity index is 841. The van der Waals surface area contributed by atoms with E-state index in [0.717, 1.165) is 0 Å². The molecule has 2 aromatic heterocycles. The van der Waals surface area contributed by atoms with Crippen molar-refractivity contribution in [3.63, 3.8) is 0 Å². The van der Waals surface area contributed by atoms with Crippen LogP contribution in [0.3, 0.4) is 0 Å². The summed E-state index contributed by atoms with van der Waals surface area (Å²) in [6.07, 6.45) is 3.06. The van der Waals surface area contributed by atoms with Gasteiger partial charge in [-0.3, -0.25) is 4.79 Å². The summed E-state index contributed by atoms with van der Waals surface area (Å²) in [4.78, 5) is 19.1. The van der Waals surface area contributed by atoms with Gasteiger partial charge in [0, 0.05) is 6.20 Å². The van der Waals surface area contributed by atoms with E-state index in [1.165, 1.54) is 6.20 Å². The minimum atomic E-state index is -0.345. The summed E-state index contributed by atoms with van der Waals surface area (Å²) in [5, 5.41) is 13.1. The lowest BCUT2D eigenvalue weighted by atomic mass is 10.2. The van der Waals surface area contributed by atoms with Crippen LogP contribution in [0.4, 0.5) is 0 Å². The van der Waals surface area contributed by atoms with Crippen molar-refractivity contribution in [3.8, 4) is 28.5 Å². The SMILES string of the molecule is C=CCOc1ccccc1-c1ncc(-c2nnn[nH]2)c(=O)[nH]1. The second kappa shape index (κ2) is 6.00. The van der Waals surface area contributed by atoms with Crippen molar-refractivity contribution in [3.05, 3.63) is 53.5 Å². The van der Waals surface area contributed by atoms with Gasteiger partial charge in [-0.15, -0.1) is 5.10 Å². The van der Waals surface area contributed by atoms with Gasteiger partial charge in [0.25, 0.3) is 5.56 Å². The zero-order valence-corrected chi connectivity index (χ0v) is 11.5. The van der Waals surface area contributed by atoms with Crippen LogP contribution in [-0.4, -0.2) is 37.2 Å². The molecule has 0 saturated heterocycles. The second-order valence-electron chi connectivity index (χ2n) is 4.32. The van der Waals surface area contributed by atoms with Gasteiger partial charge in [0.2, 0.25) is 0 Å². The van der Waals surface area contributed by atoms with Crippen molar-refractivity contribution in [2.45, 2.75) is 0 Å². The molecule has 0 radical (unpaired) electrons. The summed E-state index contributed by atoms with van der Waals surface area (Å²) in [7, 11) is 0. The molecule has 0 amide bonds. The maximum Gasteiger partial charge on any atom is 0.262 e. The number of para-hydroxylation sites is 1. The molecule has 0 aliphatic heterocycles. The quantitative estimate of drug-likeness (QED) is 0.684. The van der Waals surface area contributed by atoms with Gasteiger partial charge in [-0.05, 0) is 22.6 Å². The standard InChI is InChI=1S/C14H12N6O2/c1-2-7-22-11-6-4-3-5-9(11)12-15-8-10(14(21)16-12)13-17-19-20-18-13/h2-6,8H,1,7H2,(H,15,16,21)(H,17,18,19,20). The smallest absolute Gasteiger partial charge is 0.262 e. The lowest BCUT2D eigenvalue weighted by Gasteiger charge is -2.09. The first-order chi connectivity index (χ1) is 10.8. The molecule has 3 aromatic rings. The topological polar surface area (TPSA) is 109 Å². The Balaban J connectivity index is 2.02. The fourth-order valence-electron chi connectivity index (χ4n) is 1.91. The lowest BCUT2D eigenvalue weighted by Crippen LogP contribution is -2.12. The second-order valence-corrected chi connectivity index (χ2v) is 4.32. The van der Waals surface area contributed by atoms with Crippen molar-refractivity contribution < 1.29 is 4.74 Å². The molecule has 8 nitrogen and oxygen atoms in total. The molecule has 110 valence electrons. The Morgan fingerprint density at radius 1 is 1.23 bits per heavy atom. The first kappa shape index (κ1) is 13.7. The van der Waals surface area contributed by atoms with E-state index in [9.17, 15) is 4.79 Å². The molecule has 0 unspecified atom stereocenters. The predicted molar refractivity (Wildman–Crippen MR) is 79.2 cm³/mol. The number of nitrogens with one attached hydrogen (secondary N) is 2. The highest BCUT2D eigenvalue weighted by molar-refractivity contribution is 5.65. The van der Waals surface area contributed by atoms with Crippen LogP contribution in [-0.2, 0) is 0 Å². The molecule has 0 atom stereocenters. The molecule has 2 N–H and O–H groups in total. The minimum absolute atomic E-state index is 0.261. The lowest BCUT2D eigenvalue weighted by molar-refractivity contribution is 0.364. The van der Waals surface area contributed by atoms with Crippen LogP contribution in [0.5, 0.6) is 5.75 Å². The fourth-order valence-corrected chi connectivity index (χ4v) is 1.91. The van der Waals surface area contributed by atoms with Gasteiger partial charge in [-0.1, -0.05) is 24.8 Å². The number of hydrogen-bond donors (Lipinski definition) is 2. The summed E-state index contributed by atoms with van der Waals surface area (Å²) in [6.45, 7) is 3.98. The molecule has 8 heteroatoms. The monoisotopic (exact) mass is 296 g/mol. The van der Waals surface area contributed by atoms with Crippen LogP contribution in [0.25, 0.3) is 22.8 Å². The molecule has 0 aliphatic carbocycles. The van der Waals surface area contributed by atoms with Gasteiger partial charge in [0.15, 0.2) is 5.82 Å². The molecule has 3 rings (SSSR count). The van der Waals surface area contributed by atoms with E-state index in [1.54, 1.807) is 12.1 Å². The molecule has 2 heterocycles. The third kappa shape index (κ3) is 2.62. The van der Waals surface area contributed by atoms with Crippen LogP contribution in [0.15, 0.2) is 47.9 Å². The van der Waals surface area contributed by atoms with E-state index in [4.69, 9.17) is 4.74 Å². The summed E-state index contributed by atoms with van der Waals surface area (Å²) >= 11 is 0. The zero-order chi connectivity index (χ0) is 15.4. The first-order valence-electron chi connectivity index (χ1n) is 6.46. The van der Waals surface area contributed by atoms with Crippen LogP contribution < -0.4 is 10.3 Å². The molecular weight excluding hydrogens is 284 g/mol. The number of rotatable bonds is 5. The van der Waals surface area contributed by atoms with Gasteiger partial charge >= 0.3 is 0 Å². The average Bonchev–Trinajstić information content (AvgIpc) is 3.07. The highest BCUT2D eigenvalue weighted by atomic mass is 16.5. The predicted octanol–water partition coefficient (Wildman–Crippen LogP) is 1.18. The molecule has 0 saturated carbocycles. The zero-order valence-electron chi connectivity index (χ0n) is 11.5. The van der Waals surface area contributed by atoms with Crippen molar-refractivity contribution in [1.29, 1.82) is 0 Å². The Labute approximate surface area is 124 Å². The largest absolute Gasteiger partial charge is 0.489 e. The summed E-state index contributed by atoms with van der Waals surface area (Å²) in [5.74, 6) is 1.28. The summed E-state index contributed by atoms with van der Waals surface area (Å²) < 4.78 is 5.56. The number of benzene rings is 1. The third-order valence-electron chi connectivity index (χ3n) is 2.90. The van der Waals surface area contributed by atoms with Crippen LogP contribution >= 0.6 is 0 Å². The minimum Gasteiger partial charge on any atom is -0.489 e. The number of nitrogens with zero attached hydrogens (tertiary/aromatic N) is 4. The Hall–Kier alpha value is -3.29. The average molecular weight is 296 g/mol. The first-order valence-corrected chi connectivity index (χ1v) is 6.46. The Kier molecular flexibility index (Phi) is 3.73. The summed E-state index contributed by atoms with van der Waals surface area (Å²) in [5.41, 5.74) is 0.601. The third-order valence-corrected chi connectivity index (χ3v) is 2.90. The molecule has 0 spiro atoms. The van der Waals surface area contributed by atoms with Gasteiger partial charge in [-0.25, -0.2) is 10.1 Å².